The van der Waals surface area contributed by atoms with Crippen LogP contribution in [0.15, 0.2) is 26.8 Å². The zero-order chi connectivity index (χ0) is 16.0. The van der Waals surface area contributed by atoms with Gasteiger partial charge in [0.2, 0.25) is 0 Å². The van der Waals surface area contributed by atoms with Gasteiger partial charge in [0, 0.05) is 0 Å². The van der Waals surface area contributed by atoms with Gasteiger partial charge in [0.05, 0.1) is 0 Å². The normalized spacial score (nSPS) is 12.3. The summed E-state index contributed by atoms with van der Waals surface area (Å²) >= 11 is 0.887. The quantitative estimate of drug-likeness (QED) is 0.324. The third kappa shape index (κ3) is 5.76. The van der Waals surface area contributed by atoms with Crippen LogP contribution in [-0.4, -0.2) is 22.0 Å². The summed E-state index contributed by atoms with van der Waals surface area (Å²) in [5.41, 5.74) is 0.333. The molecule has 0 radical (unpaired) electrons. The number of hydrogen-bond donors (Lipinski definition) is 3. The minimum absolute atomic E-state index is 0.0103. The number of ether oxygens (including phenoxy) is 1. The van der Waals surface area contributed by atoms with Crippen molar-refractivity contribution in [3.8, 4) is 11.5 Å². The summed E-state index contributed by atoms with van der Waals surface area (Å²) in [6.45, 7) is 5.71. The van der Waals surface area contributed by atoms with Gasteiger partial charge in [-0.2, -0.15) is 0 Å². The van der Waals surface area contributed by atoms with E-state index in [1.165, 1.54) is 12.1 Å². The average molecular weight is 423 g/mol. The molecule has 118 valence electrons. The molecule has 0 unspecified atom stereocenters. The van der Waals surface area contributed by atoms with Crippen molar-refractivity contribution < 1.29 is 35.8 Å². The number of phenolic OH excluding ortho intramolecular Hbond substituents is 1. The van der Waals surface area contributed by atoms with Crippen LogP contribution in [0.25, 0.3) is 0 Å². The molecule has 0 atom stereocenters. The summed E-state index contributed by atoms with van der Waals surface area (Å²) in [5.74, 6) is 0.133. The Morgan fingerprint density at radius 1 is 1.43 bits per heavy atom. The molecule has 1 aromatic carbocycles. The molecule has 21 heavy (non-hydrogen) atoms. The van der Waals surface area contributed by atoms with E-state index in [4.69, 9.17) is 9.88 Å². The molecule has 0 saturated heterocycles. The molecular formula is C14H20IN2O3S-. The molecule has 5 nitrogen and oxygen atoms in total. The van der Waals surface area contributed by atoms with Gasteiger partial charge in [-0.25, -0.2) is 0 Å². The average Bonchev–Trinajstić information content (AvgIpc) is 2.42. The van der Waals surface area contributed by atoms with Crippen molar-refractivity contribution >= 4 is 17.9 Å². The summed E-state index contributed by atoms with van der Waals surface area (Å²) in [6, 6.07) is 4.48. The van der Waals surface area contributed by atoms with Crippen molar-refractivity contribution in [1.82, 2.24) is 5.32 Å². The second-order valence-electron chi connectivity index (χ2n) is 4.51. The zero-order valence-corrected chi connectivity index (χ0v) is 15.4. The van der Waals surface area contributed by atoms with Crippen LogP contribution < -0.4 is 36.4 Å². The van der Waals surface area contributed by atoms with Gasteiger partial charge in [0.25, 0.3) is 0 Å². The number of phenols is 1. The summed E-state index contributed by atoms with van der Waals surface area (Å²) in [6.07, 6.45) is -0.0372. The number of benzene rings is 1. The van der Waals surface area contributed by atoms with Crippen LogP contribution in [0.2, 0.25) is 0 Å². The molecule has 1 rings (SSSR count). The Hall–Kier alpha value is -0.930. The van der Waals surface area contributed by atoms with E-state index in [0.29, 0.717) is 16.3 Å². The van der Waals surface area contributed by atoms with Crippen LogP contribution in [0.1, 0.15) is 31.1 Å². The first-order valence-corrected chi connectivity index (χ1v) is 10.4. The predicted molar refractivity (Wildman–Crippen MR) is 81.7 cm³/mol. The van der Waals surface area contributed by atoms with Crippen LogP contribution in [0, 0.1) is 0 Å². The molecule has 7 heteroatoms. The van der Waals surface area contributed by atoms with Gasteiger partial charge in [-0.1, -0.05) is 0 Å². The van der Waals surface area contributed by atoms with Crippen LogP contribution in [0.5, 0.6) is 11.5 Å². The number of hydrogen-bond acceptors (Lipinski definition) is 5. The third-order valence-electron chi connectivity index (χ3n) is 2.47. The van der Waals surface area contributed by atoms with E-state index in [-0.39, 0.29) is 39.0 Å². The van der Waals surface area contributed by atoms with Crippen molar-refractivity contribution in [2.24, 2.45) is 5.14 Å². The fraction of sp³-hybridized carbons (Fsp3) is 0.357. The number of rotatable bonds is 6. The number of alkyl halides is 1. The van der Waals surface area contributed by atoms with Gasteiger partial charge in [0.1, 0.15) is 0 Å². The van der Waals surface area contributed by atoms with Gasteiger partial charge in [-0.05, 0) is 0 Å². The second-order valence-corrected chi connectivity index (χ2v) is 7.85. The van der Waals surface area contributed by atoms with E-state index in [1.807, 2.05) is 20.8 Å². The first kappa shape index (κ1) is 18.1. The molecular weight excluding hydrogens is 403 g/mol. The molecule has 4 N–H and O–H groups in total. The fourth-order valence-electron chi connectivity index (χ4n) is 1.51. The number of nitrogens with one attached hydrogen (secondary N) is 1. The summed E-state index contributed by atoms with van der Waals surface area (Å²) in [4.78, 5) is 14.4. The van der Waals surface area contributed by atoms with Gasteiger partial charge in [0.15, 0.2) is 0 Å². The van der Waals surface area contributed by atoms with Gasteiger partial charge in [-0.15, -0.1) is 0 Å². The molecule has 0 aliphatic carbocycles. The summed E-state index contributed by atoms with van der Waals surface area (Å²) in [5, 5.41) is 18.7. The minimum atomic E-state index is -0.315. The van der Waals surface area contributed by atoms with Gasteiger partial charge < -0.3 is 0 Å². The van der Waals surface area contributed by atoms with E-state index in [1.54, 1.807) is 6.07 Å². The Morgan fingerprint density at radius 2 is 2.10 bits per heavy atom. The fourth-order valence-corrected chi connectivity index (χ4v) is 3.35. The molecule has 1 aromatic rings. The summed E-state index contributed by atoms with van der Waals surface area (Å²) in [7, 11) is 0. The Bertz CT molecular complexity index is 547. The number of amides is 1. The number of nitrogens with two attached hydrogens (primary N) is 1. The van der Waals surface area contributed by atoms with E-state index in [9.17, 15) is 9.90 Å². The molecule has 0 aromatic heterocycles. The van der Waals surface area contributed by atoms with Crippen molar-refractivity contribution in [2.45, 2.75) is 26.9 Å². The van der Waals surface area contributed by atoms with E-state index < -0.39 is 0 Å². The number of aromatic hydroxyl groups is 1. The standard InChI is InChI=1S/C14H20IN2O3S/c1-8(2)20-12-6-10(5-11(18)7-12)13(19)17-14(21-16)9(3)15-4/h5-8,18H,16H2,1-4H3,(H,17,19)/q-1/b14-9-. The van der Waals surface area contributed by atoms with E-state index in [0.717, 1.165) is 15.5 Å². The van der Waals surface area contributed by atoms with Gasteiger partial charge >= 0.3 is 140 Å². The van der Waals surface area contributed by atoms with Crippen molar-refractivity contribution in [2.75, 3.05) is 4.93 Å². The predicted octanol–water partition coefficient (Wildman–Crippen LogP) is -0.576. The molecule has 0 heterocycles. The molecule has 0 spiro atoms. The van der Waals surface area contributed by atoms with Crippen molar-refractivity contribution in [1.29, 1.82) is 0 Å². The van der Waals surface area contributed by atoms with Crippen LogP contribution in [0.3, 0.4) is 0 Å². The van der Waals surface area contributed by atoms with Crippen LogP contribution >= 0.6 is 11.9 Å². The van der Waals surface area contributed by atoms with Gasteiger partial charge in [-0.3, -0.25) is 0 Å². The first-order chi connectivity index (χ1) is 9.87. The monoisotopic (exact) mass is 423 g/mol. The van der Waals surface area contributed by atoms with Crippen molar-refractivity contribution in [3.05, 3.63) is 32.4 Å². The summed E-state index contributed by atoms with van der Waals surface area (Å²) < 4.78 is 6.61. The van der Waals surface area contributed by atoms with Crippen LogP contribution in [0.4, 0.5) is 0 Å². The SMILES string of the molecule is C[I-]/C(C)=C(/NC(=O)c1cc(O)cc(OC(C)C)c1)SN. The van der Waals surface area contributed by atoms with Crippen LogP contribution in [-0.2, 0) is 0 Å². The van der Waals surface area contributed by atoms with E-state index in [2.05, 4.69) is 10.2 Å². The Labute approximate surface area is 139 Å². The maximum absolute atomic E-state index is 12.3. The number of halogens is 1. The molecule has 0 aliphatic rings. The second kappa shape index (κ2) is 8.50. The Morgan fingerprint density at radius 3 is 2.62 bits per heavy atom. The van der Waals surface area contributed by atoms with E-state index >= 15 is 0 Å². The zero-order valence-electron chi connectivity index (χ0n) is 12.4. The van der Waals surface area contributed by atoms with Crippen molar-refractivity contribution in [3.63, 3.8) is 0 Å². The number of carbonyl (C=O) groups excluding carboxylic acids is 1. The third-order valence-corrected chi connectivity index (χ3v) is 5.63. The number of carbonyl (C=O) groups is 1. The molecule has 1 amide bonds. The topological polar surface area (TPSA) is 84.6 Å². The first-order valence-electron chi connectivity index (χ1n) is 6.26. The molecule has 0 bridgehead atoms. The molecule has 0 aliphatic heterocycles. The molecule has 0 fully saturated rings. The number of allylic oxidation sites excluding steroid dienone is 1. The maximum atomic E-state index is 12.3. The Balaban J connectivity index is 2.99. The Kier molecular flexibility index (Phi) is 7.33. The molecule has 0 saturated carbocycles.